The van der Waals surface area contributed by atoms with Crippen molar-refractivity contribution in [1.29, 1.82) is 0 Å². The lowest BCUT2D eigenvalue weighted by atomic mass is 9.86. The summed E-state index contributed by atoms with van der Waals surface area (Å²) in [7, 11) is 1.10. The lowest BCUT2D eigenvalue weighted by molar-refractivity contribution is -0.327. The molecule has 6 N–H and O–H groups in total. The second kappa shape index (κ2) is 10.1. The molecule has 0 radical (unpaired) electrons. The molecule has 1 saturated heterocycles. The van der Waals surface area contributed by atoms with Gasteiger partial charge in [0, 0.05) is 11.5 Å². The minimum Gasteiger partial charge on any atom is -0.481 e. The van der Waals surface area contributed by atoms with Crippen molar-refractivity contribution in [2.24, 2.45) is 5.92 Å². The third kappa shape index (κ3) is 5.11. The summed E-state index contributed by atoms with van der Waals surface area (Å²) in [5, 5.41) is 57.6. The predicted octanol–water partition coefficient (Wildman–Crippen LogP) is -2.77. The van der Waals surface area contributed by atoms with Crippen LogP contribution in [0.1, 0.15) is 6.42 Å². The maximum absolute atomic E-state index is 12.0. The maximum atomic E-state index is 12.0. The maximum Gasteiger partial charge on any atom is 0.337 e. The molecule has 12 nitrogen and oxygen atoms in total. The van der Waals surface area contributed by atoms with E-state index in [0.717, 1.165) is 13.4 Å². The Morgan fingerprint density at radius 2 is 1.86 bits per heavy atom. The average Bonchev–Trinajstić information content (AvgIpc) is 2.69. The summed E-state index contributed by atoms with van der Waals surface area (Å²) >= 11 is 0. The zero-order chi connectivity index (χ0) is 21.7. The van der Waals surface area contributed by atoms with Gasteiger partial charge < -0.3 is 49.6 Å². The number of aliphatic hydroxyl groups is 5. The molecule has 0 bridgehead atoms. The first-order valence-corrected chi connectivity index (χ1v) is 8.67. The van der Waals surface area contributed by atoms with E-state index in [4.69, 9.17) is 14.2 Å². The fraction of sp³-hybridized carbons (Fsp3) is 0.647. The van der Waals surface area contributed by atoms with Gasteiger partial charge in [-0.05, 0) is 0 Å². The highest BCUT2D eigenvalue weighted by atomic mass is 16.8. The first-order chi connectivity index (χ1) is 13.7. The van der Waals surface area contributed by atoms with Crippen LogP contribution in [-0.2, 0) is 28.5 Å². The van der Waals surface area contributed by atoms with Gasteiger partial charge in [-0.1, -0.05) is 6.08 Å². The predicted molar refractivity (Wildman–Crippen MR) is 90.7 cm³/mol. The molecule has 0 amide bonds. The summed E-state index contributed by atoms with van der Waals surface area (Å²) in [6, 6.07) is 0. The van der Waals surface area contributed by atoms with Crippen LogP contribution < -0.4 is 0 Å². The van der Waals surface area contributed by atoms with Crippen LogP contribution in [0.2, 0.25) is 0 Å². The van der Waals surface area contributed by atoms with E-state index in [1.54, 1.807) is 0 Å². The van der Waals surface area contributed by atoms with Crippen LogP contribution in [0.5, 0.6) is 0 Å². The third-order valence-corrected chi connectivity index (χ3v) is 4.60. The van der Waals surface area contributed by atoms with Crippen LogP contribution in [0.4, 0.5) is 0 Å². The molecule has 2 aliphatic rings. The highest BCUT2D eigenvalue weighted by Crippen LogP contribution is 2.35. The van der Waals surface area contributed by atoms with E-state index >= 15 is 0 Å². The van der Waals surface area contributed by atoms with E-state index < -0.39 is 74.5 Å². The summed E-state index contributed by atoms with van der Waals surface area (Å²) < 4.78 is 20.7. The number of aliphatic hydroxyl groups excluding tert-OH is 5. The molecule has 2 rings (SSSR count). The first-order valence-electron chi connectivity index (χ1n) is 8.67. The first kappa shape index (κ1) is 23.2. The molecule has 0 aromatic heterocycles. The Kier molecular flexibility index (Phi) is 8.10. The number of hydrogen-bond donors (Lipinski definition) is 6. The van der Waals surface area contributed by atoms with E-state index in [0.29, 0.717) is 0 Å². The number of carboxylic acid groups (broad SMARTS) is 1. The van der Waals surface area contributed by atoms with E-state index in [2.05, 4.69) is 4.74 Å². The molecule has 0 spiro atoms. The molecule has 2 aliphatic heterocycles. The Morgan fingerprint density at radius 1 is 1.17 bits per heavy atom. The van der Waals surface area contributed by atoms with Gasteiger partial charge in [-0.2, -0.15) is 0 Å². The summed E-state index contributed by atoms with van der Waals surface area (Å²) in [5.74, 6) is -3.16. The summed E-state index contributed by atoms with van der Waals surface area (Å²) in [6.45, 7) is -1.22. The summed E-state index contributed by atoms with van der Waals surface area (Å²) in [5.41, 5.74) is -0.0713. The van der Waals surface area contributed by atoms with Gasteiger partial charge >= 0.3 is 11.9 Å². The van der Waals surface area contributed by atoms with Gasteiger partial charge in [-0.25, -0.2) is 4.79 Å². The lowest BCUT2D eigenvalue weighted by Crippen LogP contribution is -2.60. The topological polar surface area (TPSA) is 192 Å². The van der Waals surface area contributed by atoms with Gasteiger partial charge in [0.1, 0.15) is 24.4 Å². The number of aliphatic carboxylic acids is 1. The fourth-order valence-corrected chi connectivity index (χ4v) is 3.11. The second-order valence-electron chi connectivity index (χ2n) is 6.40. The number of carboxylic acids is 1. The van der Waals surface area contributed by atoms with Crippen LogP contribution >= 0.6 is 0 Å². The Hall–Kier alpha value is -2.06. The fourth-order valence-electron chi connectivity index (χ4n) is 3.11. The summed E-state index contributed by atoms with van der Waals surface area (Å²) in [6.07, 6.45) is -7.65. The molecule has 164 valence electrons. The molecule has 0 aromatic carbocycles. The number of esters is 1. The standard InChI is InChI=1S/C17H24O12/c1-26-15(25)9-6-27-16(7(2-3-18)8(9)4-11(20)21)29-17-14(24)13(23)12(22)10(5-19)28-17/h2,6,8,10,12-14,16-19,22-24H,3-5H2,1H3,(H,20,21). The van der Waals surface area contributed by atoms with Crippen molar-refractivity contribution in [2.75, 3.05) is 20.3 Å². The smallest absolute Gasteiger partial charge is 0.337 e. The van der Waals surface area contributed by atoms with Crippen molar-refractivity contribution in [1.82, 2.24) is 0 Å². The van der Waals surface area contributed by atoms with Crippen molar-refractivity contribution in [3.8, 4) is 0 Å². The highest BCUT2D eigenvalue weighted by Gasteiger charge is 2.46. The van der Waals surface area contributed by atoms with Gasteiger partial charge in [-0.15, -0.1) is 0 Å². The van der Waals surface area contributed by atoms with Crippen molar-refractivity contribution in [3.05, 3.63) is 23.5 Å². The third-order valence-electron chi connectivity index (χ3n) is 4.60. The van der Waals surface area contributed by atoms with Crippen LogP contribution in [0.15, 0.2) is 23.5 Å². The van der Waals surface area contributed by atoms with E-state index in [1.165, 1.54) is 6.08 Å². The molecule has 2 heterocycles. The molecule has 0 aromatic rings. The molecule has 29 heavy (non-hydrogen) atoms. The number of hydrogen-bond acceptors (Lipinski definition) is 11. The van der Waals surface area contributed by atoms with E-state index in [-0.39, 0.29) is 11.1 Å². The zero-order valence-electron chi connectivity index (χ0n) is 15.5. The molecular weight excluding hydrogens is 396 g/mol. The molecule has 12 heteroatoms. The minimum atomic E-state index is -1.73. The van der Waals surface area contributed by atoms with E-state index in [9.17, 15) is 40.2 Å². The summed E-state index contributed by atoms with van der Waals surface area (Å²) in [4.78, 5) is 23.3. The van der Waals surface area contributed by atoms with Crippen molar-refractivity contribution in [2.45, 2.75) is 43.4 Å². The Balaban J connectivity index is 2.31. The number of methoxy groups -OCH3 is 1. The average molecular weight is 420 g/mol. The van der Waals surface area contributed by atoms with Crippen molar-refractivity contribution >= 4 is 11.9 Å². The van der Waals surface area contributed by atoms with Crippen molar-refractivity contribution in [3.63, 3.8) is 0 Å². The van der Waals surface area contributed by atoms with Crippen LogP contribution in [0.3, 0.4) is 0 Å². The van der Waals surface area contributed by atoms with Crippen LogP contribution in [0.25, 0.3) is 0 Å². The monoisotopic (exact) mass is 420 g/mol. The van der Waals surface area contributed by atoms with Crippen LogP contribution in [-0.4, -0.2) is 99.9 Å². The Bertz CT molecular complexity index is 657. The van der Waals surface area contributed by atoms with Crippen LogP contribution in [0, 0.1) is 5.92 Å². The Labute approximate surface area is 165 Å². The van der Waals surface area contributed by atoms with E-state index in [1.807, 2.05) is 0 Å². The molecular formula is C17H24O12. The second-order valence-corrected chi connectivity index (χ2v) is 6.40. The van der Waals surface area contributed by atoms with Gasteiger partial charge in [0.05, 0.1) is 38.6 Å². The molecule has 7 unspecified atom stereocenters. The SMILES string of the molecule is COC(=O)C1=COC(OC2OC(CO)C(O)C(O)C2O)C(=CCO)C1CC(=O)O. The zero-order valence-corrected chi connectivity index (χ0v) is 15.5. The van der Waals surface area contributed by atoms with Crippen molar-refractivity contribution < 1.29 is 59.2 Å². The van der Waals surface area contributed by atoms with Gasteiger partial charge in [0.2, 0.25) is 6.29 Å². The number of ether oxygens (including phenoxy) is 4. The van der Waals surface area contributed by atoms with Gasteiger partial charge in [-0.3, -0.25) is 4.79 Å². The molecule has 1 fully saturated rings. The lowest BCUT2D eigenvalue weighted by Gasteiger charge is -2.41. The molecule has 0 saturated carbocycles. The minimum absolute atomic E-state index is 0.0507. The highest BCUT2D eigenvalue weighted by molar-refractivity contribution is 5.90. The number of rotatable bonds is 7. The largest absolute Gasteiger partial charge is 0.481 e. The quantitative estimate of drug-likeness (QED) is 0.184. The van der Waals surface area contributed by atoms with Gasteiger partial charge in [0.15, 0.2) is 6.29 Å². The van der Waals surface area contributed by atoms with Gasteiger partial charge in [0.25, 0.3) is 0 Å². The molecule has 0 aliphatic carbocycles. The number of carbonyl (C=O) groups is 2. The molecule has 7 atom stereocenters. The Morgan fingerprint density at radius 3 is 2.41 bits per heavy atom. The number of carbonyl (C=O) groups excluding carboxylic acids is 1. The normalized spacial score (nSPS) is 36.3.